The molecule has 0 N–H and O–H groups in total. The molecule has 1 amide bonds. The maximum Gasteiger partial charge on any atom is 0.414 e. The summed E-state index contributed by atoms with van der Waals surface area (Å²) in [5.74, 6) is -0.433. The van der Waals surface area contributed by atoms with Gasteiger partial charge in [0.05, 0.1) is 0 Å². The lowest BCUT2D eigenvalue weighted by atomic mass is 9.84. The standard InChI is InChI=1S/C29H29NO4/c1-22(2)20-29(19-18-23-12-6-3-7-13-23)27(31)34-26(25-16-10-5-11-17-25)30(29)28(32)33-21-24-14-8-4-9-15-24/h3-17,26H,1,18-21H2,2H3/t26-,29-/m1/s1. The summed E-state index contributed by atoms with van der Waals surface area (Å²) in [5, 5.41) is 0. The second-order valence-electron chi connectivity index (χ2n) is 8.73. The van der Waals surface area contributed by atoms with Crippen LogP contribution in [0.4, 0.5) is 4.79 Å². The van der Waals surface area contributed by atoms with Gasteiger partial charge >= 0.3 is 12.1 Å². The zero-order chi connectivity index (χ0) is 24.0. The second kappa shape index (κ2) is 10.4. The number of nitrogens with zero attached hydrogens (tertiary/aromatic N) is 1. The Kier molecular flexibility index (Phi) is 7.12. The molecule has 174 valence electrons. The highest BCUT2D eigenvalue weighted by Crippen LogP contribution is 2.44. The van der Waals surface area contributed by atoms with E-state index < -0.39 is 23.8 Å². The van der Waals surface area contributed by atoms with Crippen LogP contribution in [0.15, 0.2) is 103 Å². The van der Waals surface area contributed by atoms with Gasteiger partial charge in [-0.2, -0.15) is 0 Å². The molecule has 0 saturated carbocycles. The zero-order valence-electron chi connectivity index (χ0n) is 19.4. The van der Waals surface area contributed by atoms with Crippen molar-refractivity contribution in [3.63, 3.8) is 0 Å². The summed E-state index contributed by atoms with van der Waals surface area (Å²) in [6.07, 6.45) is -0.160. The number of carbonyl (C=O) groups is 2. The largest absolute Gasteiger partial charge is 0.444 e. The molecule has 0 bridgehead atoms. The molecule has 3 aromatic rings. The molecular formula is C29H29NO4. The van der Waals surface area contributed by atoms with E-state index in [1.807, 2.05) is 97.9 Å². The fourth-order valence-electron chi connectivity index (χ4n) is 4.44. The fourth-order valence-corrected chi connectivity index (χ4v) is 4.44. The number of hydrogen-bond donors (Lipinski definition) is 0. The Morgan fingerprint density at radius 1 is 0.941 bits per heavy atom. The molecule has 1 saturated heterocycles. The molecule has 0 spiro atoms. The van der Waals surface area contributed by atoms with Gasteiger partial charge in [0.2, 0.25) is 6.23 Å². The van der Waals surface area contributed by atoms with Crippen LogP contribution in [0.3, 0.4) is 0 Å². The molecule has 0 unspecified atom stereocenters. The van der Waals surface area contributed by atoms with Gasteiger partial charge in [0, 0.05) is 12.0 Å². The van der Waals surface area contributed by atoms with Crippen molar-refractivity contribution < 1.29 is 19.1 Å². The average molecular weight is 456 g/mol. The maximum atomic E-state index is 13.6. The van der Waals surface area contributed by atoms with E-state index >= 15 is 0 Å². The third kappa shape index (κ3) is 5.04. The first kappa shape index (κ1) is 23.3. The van der Waals surface area contributed by atoms with Gasteiger partial charge < -0.3 is 9.47 Å². The van der Waals surface area contributed by atoms with Crippen molar-refractivity contribution in [2.45, 2.75) is 44.6 Å². The van der Waals surface area contributed by atoms with Crippen LogP contribution in [-0.2, 0) is 27.3 Å². The van der Waals surface area contributed by atoms with Crippen LogP contribution < -0.4 is 0 Å². The van der Waals surface area contributed by atoms with Crippen LogP contribution in [-0.4, -0.2) is 22.5 Å². The van der Waals surface area contributed by atoms with E-state index in [4.69, 9.17) is 9.47 Å². The number of carbonyl (C=O) groups excluding carboxylic acids is 2. The smallest absolute Gasteiger partial charge is 0.414 e. The Balaban J connectivity index is 1.69. The number of hydrogen-bond acceptors (Lipinski definition) is 4. The van der Waals surface area contributed by atoms with Crippen molar-refractivity contribution in [3.05, 3.63) is 120 Å². The highest BCUT2D eigenvalue weighted by atomic mass is 16.6. The van der Waals surface area contributed by atoms with Gasteiger partial charge in [-0.25, -0.2) is 9.59 Å². The van der Waals surface area contributed by atoms with Crippen LogP contribution in [0.5, 0.6) is 0 Å². The number of aryl methyl sites for hydroxylation is 1. The minimum absolute atomic E-state index is 0.105. The lowest BCUT2D eigenvalue weighted by Gasteiger charge is -2.36. The Bertz CT molecular complexity index is 1130. The average Bonchev–Trinajstić information content (AvgIpc) is 3.14. The summed E-state index contributed by atoms with van der Waals surface area (Å²) in [5.41, 5.74) is 2.25. The van der Waals surface area contributed by atoms with E-state index in [0.29, 0.717) is 19.3 Å². The van der Waals surface area contributed by atoms with Crippen molar-refractivity contribution in [1.29, 1.82) is 0 Å². The van der Waals surface area contributed by atoms with Crippen LogP contribution in [0.2, 0.25) is 0 Å². The number of rotatable bonds is 8. The molecule has 34 heavy (non-hydrogen) atoms. The van der Waals surface area contributed by atoms with E-state index in [-0.39, 0.29) is 6.61 Å². The van der Waals surface area contributed by atoms with Crippen molar-refractivity contribution in [2.75, 3.05) is 0 Å². The van der Waals surface area contributed by atoms with E-state index in [2.05, 4.69) is 6.58 Å². The van der Waals surface area contributed by atoms with Crippen LogP contribution in [0, 0.1) is 0 Å². The van der Waals surface area contributed by atoms with Gasteiger partial charge in [0.1, 0.15) is 6.61 Å². The van der Waals surface area contributed by atoms with E-state index in [9.17, 15) is 9.59 Å². The molecule has 0 radical (unpaired) electrons. The number of amides is 1. The van der Waals surface area contributed by atoms with E-state index in [1.165, 1.54) is 4.90 Å². The Hall–Kier alpha value is -3.86. The van der Waals surface area contributed by atoms with Crippen molar-refractivity contribution >= 4 is 12.1 Å². The number of ether oxygens (including phenoxy) is 2. The molecule has 2 atom stereocenters. The topological polar surface area (TPSA) is 55.8 Å². The van der Waals surface area contributed by atoms with Gasteiger partial charge in [-0.3, -0.25) is 4.90 Å². The van der Waals surface area contributed by atoms with Crippen molar-refractivity contribution in [2.24, 2.45) is 0 Å². The number of esters is 1. The maximum absolute atomic E-state index is 13.6. The lowest BCUT2D eigenvalue weighted by Crippen LogP contribution is -2.52. The first-order valence-corrected chi connectivity index (χ1v) is 11.4. The molecule has 5 heteroatoms. The van der Waals surface area contributed by atoms with Gasteiger partial charge in [-0.1, -0.05) is 96.6 Å². The second-order valence-corrected chi connectivity index (χ2v) is 8.73. The molecule has 5 nitrogen and oxygen atoms in total. The zero-order valence-corrected chi connectivity index (χ0v) is 19.4. The van der Waals surface area contributed by atoms with E-state index in [0.717, 1.165) is 22.3 Å². The van der Waals surface area contributed by atoms with Crippen molar-refractivity contribution in [3.8, 4) is 0 Å². The third-order valence-electron chi connectivity index (χ3n) is 6.05. The van der Waals surface area contributed by atoms with Crippen LogP contribution >= 0.6 is 0 Å². The predicted octanol–water partition coefficient (Wildman–Crippen LogP) is 6.22. The highest BCUT2D eigenvalue weighted by molar-refractivity contribution is 5.89. The van der Waals surface area contributed by atoms with Crippen LogP contribution in [0.25, 0.3) is 0 Å². The van der Waals surface area contributed by atoms with Gasteiger partial charge in [0.15, 0.2) is 5.54 Å². The monoisotopic (exact) mass is 455 g/mol. The molecular weight excluding hydrogens is 426 g/mol. The Labute approximate surface area is 200 Å². The minimum atomic E-state index is -1.21. The summed E-state index contributed by atoms with van der Waals surface area (Å²) in [6, 6.07) is 28.7. The molecule has 1 fully saturated rings. The molecule has 1 aliphatic rings. The highest BCUT2D eigenvalue weighted by Gasteiger charge is 2.58. The fraction of sp³-hybridized carbons (Fsp3) is 0.241. The third-order valence-corrected chi connectivity index (χ3v) is 6.05. The molecule has 1 aliphatic heterocycles. The first-order chi connectivity index (χ1) is 16.5. The molecule has 0 aromatic heterocycles. The molecule has 4 rings (SSSR count). The quantitative estimate of drug-likeness (QED) is 0.299. The van der Waals surface area contributed by atoms with Crippen molar-refractivity contribution in [1.82, 2.24) is 4.90 Å². The van der Waals surface area contributed by atoms with Gasteiger partial charge in [0.25, 0.3) is 0 Å². The molecule has 0 aliphatic carbocycles. The summed E-state index contributed by atoms with van der Waals surface area (Å²) >= 11 is 0. The predicted molar refractivity (Wildman–Crippen MR) is 131 cm³/mol. The summed E-state index contributed by atoms with van der Waals surface area (Å²) < 4.78 is 11.6. The van der Waals surface area contributed by atoms with Gasteiger partial charge in [-0.15, -0.1) is 6.58 Å². The molecule has 3 aromatic carbocycles. The summed E-state index contributed by atoms with van der Waals surface area (Å²) in [6.45, 7) is 6.02. The lowest BCUT2D eigenvalue weighted by molar-refractivity contribution is -0.145. The molecule has 1 heterocycles. The van der Waals surface area contributed by atoms with Gasteiger partial charge in [-0.05, 0) is 30.9 Å². The normalized spacial score (nSPS) is 19.5. The number of benzene rings is 3. The van der Waals surface area contributed by atoms with Crippen LogP contribution in [0.1, 0.15) is 42.7 Å². The first-order valence-electron chi connectivity index (χ1n) is 11.4. The number of cyclic esters (lactones) is 1. The SMILES string of the molecule is C=C(C)C[C@]1(CCc2ccccc2)C(=O)O[C@H](c2ccccc2)N1C(=O)OCc1ccccc1. The Morgan fingerprint density at radius 2 is 1.50 bits per heavy atom. The minimum Gasteiger partial charge on any atom is -0.444 e. The van der Waals surface area contributed by atoms with E-state index in [1.54, 1.807) is 0 Å². The Morgan fingerprint density at radius 3 is 2.09 bits per heavy atom. The summed E-state index contributed by atoms with van der Waals surface area (Å²) in [4.78, 5) is 28.6. The summed E-state index contributed by atoms with van der Waals surface area (Å²) in [7, 11) is 0.